The molecule has 0 aromatic heterocycles. The zero-order valence-electron chi connectivity index (χ0n) is 22.5. The molecule has 0 saturated carbocycles. The summed E-state index contributed by atoms with van der Waals surface area (Å²) in [7, 11) is 0. The van der Waals surface area contributed by atoms with Crippen molar-refractivity contribution in [3.8, 4) is 0 Å². The number of carbonyl (C=O) groups is 1. The lowest BCUT2D eigenvalue weighted by Crippen LogP contribution is -2.39. The number of amides is 1. The van der Waals surface area contributed by atoms with E-state index in [1.165, 1.54) is 9.80 Å². The van der Waals surface area contributed by atoms with Crippen LogP contribution in [0.5, 0.6) is 0 Å². The molecule has 0 saturated heterocycles. The molecule has 12 heteroatoms. The van der Waals surface area contributed by atoms with E-state index in [4.69, 9.17) is 15.9 Å². The van der Waals surface area contributed by atoms with E-state index < -0.39 is 53.7 Å². The van der Waals surface area contributed by atoms with Crippen molar-refractivity contribution in [3.05, 3.63) is 63.7 Å². The van der Waals surface area contributed by atoms with Crippen molar-refractivity contribution in [1.29, 1.82) is 5.41 Å². The number of fused-ring (bicyclic) bond motifs is 2. The Morgan fingerprint density at radius 3 is 2.08 bits per heavy atom. The van der Waals surface area contributed by atoms with Gasteiger partial charge in [0, 0.05) is 13.1 Å². The van der Waals surface area contributed by atoms with Gasteiger partial charge in [-0.1, -0.05) is 6.07 Å². The molecule has 0 spiro atoms. The topological polar surface area (TPSA) is 82.7 Å². The maximum Gasteiger partial charge on any atom is 0.416 e. The number of rotatable bonds is 3. The number of anilines is 1. The summed E-state index contributed by atoms with van der Waals surface area (Å²) in [6.45, 7) is 5.06. The molecule has 1 unspecified atom stereocenters. The van der Waals surface area contributed by atoms with Crippen LogP contribution in [0.3, 0.4) is 0 Å². The van der Waals surface area contributed by atoms with Crippen molar-refractivity contribution in [3.63, 3.8) is 0 Å². The SMILES string of the molecule is CC(C)(C)OC(=O)N1CCCC(N(Cc2cc(C(F)(F)F)cc(C(F)(F)F)c2)C(=N)N)c2cc3c(cc21)CCC3. The lowest BCUT2D eigenvalue weighted by molar-refractivity contribution is -0.143. The Hall–Kier alpha value is -3.44. The van der Waals surface area contributed by atoms with Crippen LogP contribution in [0.4, 0.5) is 36.8 Å². The van der Waals surface area contributed by atoms with E-state index in [1.54, 1.807) is 20.8 Å². The second-order valence-corrected chi connectivity index (χ2v) is 11.3. The Bertz CT molecular complexity index is 1270. The van der Waals surface area contributed by atoms with E-state index in [-0.39, 0.29) is 18.2 Å². The largest absolute Gasteiger partial charge is 0.443 e. The Balaban J connectivity index is 1.79. The number of guanidine groups is 1. The molecular weight excluding hydrogens is 538 g/mol. The molecule has 1 aliphatic carbocycles. The van der Waals surface area contributed by atoms with Crippen LogP contribution < -0.4 is 10.6 Å². The average molecular weight is 571 g/mol. The molecule has 0 radical (unpaired) electrons. The second kappa shape index (κ2) is 10.5. The lowest BCUT2D eigenvalue weighted by Gasteiger charge is -2.34. The monoisotopic (exact) mass is 570 g/mol. The van der Waals surface area contributed by atoms with Gasteiger partial charge in [0.1, 0.15) is 5.60 Å². The van der Waals surface area contributed by atoms with E-state index >= 15 is 0 Å². The first-order valence-electron chi connectivity index (χ1n) is 13.0. The van der Waals surface area contributed by atoms with Crippen LogP contribution in [0.15, 0.2) is 30.3 Å². The highest BCUT2D eigenvalue weighted by molar-refractivity contribution is 5.90. The zero-order chi connectivity index (χ0) is 29.6. The van der Waals surface area contributed by atoms with E-state index in [9.17, 15) is 31.1 Å². The maximum atomic E-state index is 13.5. The van der Waals surface area contributed by atoms with Crippen LogP contribution in [0, 0.1) is 5.41 Å². The van der Waals surface area contributed by atoms with E-state index in [2.05, 4.69) is 0 Å². The van der Waals surface area contributed by atoms with Crippen molar-refractivity contribution in [1.82, 2.24) is 4.90 Å². The molecule has 2 aromatic rings. The molecule has 6 nitrogen and oxygen atoms in total. The summed E-state index contributed by atoms with van der Waals surface area (Å²) in [5, 5.41) is 8.26. The summed E-state index contributed by atoms with van der Waals surface area (Å²) in [5.74, 6) is -0.506. The number of ether oxygens (including phenoxy) is 1. The fourth-order valence-corrected chi connectivity index (χ4v) is 5.35. The number of hydrogen-bond acceptors (Lipinski definition) is 3. The first-order valence-corrected chi connectivity index (χ1v) is 13.0. The van der Waals surface area contributed by atoms with Gasteiger partial charge in [0.2, 0.25) is 0 Å². The van der Waals surface area contributed by atoms with Crippen LogP contribution in [0.1, 0.15) is 79.5 Å². The second-order valence-electron chi connectivity index (χ2n) is 11.3. The molecule has 1 aliphatic heterocycles. The van der Waals surface area contributed by atoms with Gasteiger partial charge in [-0.3, -0.25) is 10.3 Å². The number of nitrogens with one attached hydrogen (secondary N) is 1. The Labute approximate surface area is 228 Å². The molecule has 0 bridgehead atoms. The third-order valence-electron chi connectivity index (χ3n) is 7.05. The summed E-state index contributed by atoms with van der Waals surface area (Å²) < 4.78 is 86.7. The van der Waals surface area contributed by atoms with Crippen LogP contribution in [0.2, 0.25) is 0 Å². The number of hydrogen-bond donors (Lipinski definition) is 2. The van der Waals surface area contributed by atoms with E-state index in [0.29, 0.717) is 36.2 Å². The van der Waals surface area contributed by atoms with Crippen LogP contribution >= 0.6 is 0 Å². The van der Waals surface area contributed by atoms with Gasteiger partial charge in [0.25, 0.3) is 0 Å². The summed E-state index contributed by atoms with van der Waals surface area (Å²) in [6, 6.07) is 4.54. The number of aryl methyl sites for hydroxylation is 2. The Kier molecular flexibility index (Phi) is 7.76. The van der Waals surface area contributed by atoms with Gasteiger partial charge in [-0.2, -0.15) is 26.3 Å². The number of nitrogens with two attached hydrogens (primary N) is 1. The van der Waals surface area contributed by atoms with Crippen LogP contribution in [-0.4, -0.2) is 29.1 Å². The first-order chi connectivity index (χ1) is 18.4. The first kappa shape index (κ1) is 29.5. The number of halogens is 6. The highest BCUT2D eigenvalue weighted by atomic mass is 19.4. The third-order valence-corrected chi connectivity index (χ3v) is 7.05. The molecule has 2 aromatic carbocycles. The smallest absolute Gasteiger partial charge is 0.416 e. The minimum atomic E-state index is -5.00. The van der Waals surface area contributed by atoms with E-state index in [1.807, 2.05) is 12.1 Å². The fraction of sp³-hybridized carbons (Fsp3) is 0.500. The van der Waals surface area contributed by atoms with Gasteiger partial charge < -0.3 is 15.4 Å². The molecule has 3 N–H and O–H groups in total. The van der Waals surface area contributed by atoms with Crippen LogP contribution in [-0.2, 0) is 36.5 Å². The van der Waals surface area contributed by atoms with Gasteiger partial charge in [-0.25, -0.2) is 4.79 Å². The number of nitrogens with zero attached hydrogens (tertiary/aromatic N) is 2. The molecule has 40 heavy (non-hydrogen) atoms. The van der Waals surface area contributed by atoms with Crippen molar-refractivity contribution >= 4 is 17.7 Å². The number of carbonyl (C=O) groups excluding carboxylic acids is 1. The Morgan fingerprint density at radius 1 is 0.975 bits per heavy atom. The number of benzene rings is 2. The summed E-state index contributed by atoms with van der Waals surface area (Å²) >= 11 is 0. The molecule has 218 valence electrons. The van der Waals surface area contributed by atoms with Gasteiger partial charge >= 0.3 is 18.4 Å². The number of alkyl halides is 6. The zero-order valence-corrected chi connectivity index (χ0v) is 22.5. The van der Waals surface area contributed by atoms with Gasteiger partial charge in [-0.15, -0.1) is 0 Å². The standard InChI is InChI=1S/C28H32F6N4O2/c1-26(2,3)40-25(39)37-9-5-8-22(21-12-17-6-4-7-18(17)13-23(21)37)38(24(35)36)15-16-10-19(27(29,30)31)14-20(11-16)28(32,33)34/h10-14,22H,4-9,15H2,1-3H3,(H3,35,36). The predicted molar refractivity (Wildman–Crippen MR) is 138 cm³/mol. The quantitative estimate of drug-likeness (QED) is 0.233. The Morgan fingerprint density at radius 2 is 1.55 bits per heavy atom. The summed E-state index contributed by atoms with van der Waals surface area (Å²) in [6.07, 6.45) is -7.24. The van der Waals surface area contributed by atoms with Crippen molar-refractivity contribution in [2.45, 2.75) is 83.4 Å². The van der Waals surface area contributed by atoms with Crippen molar-refractivity contribution < 1.29 is 35.9 Å². The molecule has 1 atom stereocenters. The third kappa shape index (κ3) is 6.47. The van der Waals surface area contributed by atoms with Gasteiger partial charge in [0.15, 0.2) is 5.96 Å². The summed E-state index contributed by atoms with van der Waals surface area (Å²) in [4.78, 5) is 16.0. The highest BCUT2D eigenvalue weighted by Gasteiger charge is 2.38. The normalized spacial score (nSPS) is 17.6. The highest BCUT2D eigenvalue weighted by Crippen LogP contribution is 2.42. The minimum absolute atomic E-state index is 0.0740. The molecule has 4 rings (SSSR count). The summed E-state index contributed by atoms with van der Waals surface area (Å²) in [5.41, 5.74) is 5.30. The van der Waals surface area contributed by atoms with Crippen LogP contribution in [0.25, 0.3) is 0 Å². The van der Waals surface area contributed by atoms with Gasteiger partial charge in [-0.05, 0) is 99.4 Å². The molecular formula is C28H32F6N4O2. The van der Waals surface area contributed by atoms with Gasteiger partial charge in [0.05, 0.1) is 22.9 Å². The molecule has 1 heterocycles. The lowest BCUT2D eigenvalue weighted by atomic mass is 9.95. The predicted octanol–water partition coefficient (Wildman–Crippen LogP) is 7.18. The average Bonchev–Trinajstić information content (AvgIpc) is 3.19. The maximum absolute atomic E-state index is 13.5. The minimum Gasteiger partial charge on any atom is -0.443 e. The van der Waals surface area contributed by atoms with Crippen molar-refractivity contribution in [2.75, 3.05) is 11.4 Å². The van der Waals surface area contributed by atoms with E-state index in [0.717, 1.165) is 30.4 Å². The molecule has 2 aliphatic rings. The fourth-order valence-electron chi connectivity index (χ4n) is 5.35. The molecule has 1 amide bonds. The van der Waals surface area contributed by atoms with Crippen molar-refractivity contribution in [2.24, 2.45) is 5.73 Å². The molecule has 0 fully saturated rings.